The molecule has 4 N–H and O–H groups in total. The number of rotatable bonds is 15. The second-order valence-corrected chi connectivity index (χ2v) is 18.5. The van der Waals surface area contributed by atoms with Gasteiger partial charge >= 0.3 is 0 Å². The van der Waals surface area contributed by atoms with Crippen LogP contribution in [0.4, 0.5) is 0 Å². The average Bonchev–Trinajstić information content (AvgIpc) is 3.87. The molecule has 3 aliphatic carbocycles. The Hall–Kier alpha value is -2.80. The second-order valence-electron chi connectivity index (χ2n) is 16.5. The maximum absolute atomic E-state index is 14.5. The molecule has 6 atom stereocenters. The van der Waals surface area contributed by atoms with Crippen LogP contribution in [-0.4, -0.2) is 85.7 Å². The van der Waals surface area contributed by atoms with Crippen molar-refractivity contribution in [3.8, 4) is 0 Å². The van der Waals surface area contributed by atoms with Gasteiger partial charge in [-0.3, -0.25) is 24.0 Å². The summed E-state index contributed by atoms with van der Waals surface area (Å²) in [7, 11) is -3.75. The van der Waals surface area contributed by atoms with Crippen LogP contribution < -0.4 is 20.7 Å². The van der Waals surface area contributed by atoms with E-state index in [0.717, 1.165) is 32.1 Å². The van der Waals surface area contributed by atoms with E-state index >= 15 is 0 Å². The molecule has 13 heteroatoms. The zero-order chi connectivity index (χ0) is 35.8. The van der Waals surface area contributed by atoms with E-state index in [1.165, 1.54) is 17.9 Å². The second kappa shape index (κ2) is 14.2. The Labute approximate surface area is 286 Å². The summed E-state index contributed by atoms with van der Waals surface area (Å²) < 4.78 is 28.2. The summed E-state index contributed by atoms with van der Waals surface area (Å²) in [5.41, 5.74) is -1.63. The lowest BCUT2D eigenvalue weighted by Gasteiger charge is -2.42. The summed E-state index contributed by atoms with van der Waals surface area (Å²) in [6, 6.07) is -4.04. The Morgan fingerprint density at radius 1 is 1.00 bits per heavy atom. The van der Waals surface area contributed by atoms with E-state index in [-0.39, 0.29) is 35.5 Å². The van der Waals surface area contributed by atoms with Gasteiger partial charge in [0.05, 0.1) is 11.8 Å². The van der Waals surface area contributed by atoms with Gasteiger partial charge in [0, 0.05) is 13.1 Å². The number of carbonyl (C=O) groups excluding carboxylic acids is 5. The molecule has 1 saturated heterocycles. The van der Waals surface area contributed by atoms with Gasteiger partial charge in [-0.15, -0.1) is 6.58 Å². The normalized spacial score (nSPS) is 26.3. The molecule has 0 radical (unpaired) electrons. The van der Waals surface area contributed by atoms with Crippen molar-refractivity contribution < 1.29 is 32.4 Å². The van der Waals surface area contributed by atoms with Gasteiger partial charge in [-0.2, -0.15) is 0 Å². The standard InChI is InChI=1S/C35H57N5O7S/c1-9-18-36-30(43)26(41)23(19-21-14-15-21)37-29(42)25-24-22(34(24,6)7)20-40(25)32(45)28(33(3,4)5)38-31(44)27(39-48(46,47)10-2)35(8)16-12-11-13-17-35/h9,21-25,27-28,39H,1,10-20H2,2-8H3,(H,36,43)(H,37,42)(H,38,44)/t22-,23?,24-,25-,27+,28+/m0/s1. The maximum atomic E-state index is 14.5. The molecule has 4 amide bonds. The quantitative estimate of drug-likeness (QED) is 0.151. The van der Waals surface area contributed by atoms with Gasteiger partial charge < -0.3 is 20.9 Å². The lowest BCUT2D eigenvalue weighted by Crippen LogP contribution is -2.64. The highest BCUT2D eigenvalue weighted by Gasteiger charge is 2.70. The molecule has 270 valence electrons. The summed E-state index contributed by atoms with van der Waals surface area (Å²) in [6.07, 6.45) is 7.75. The Morgan fingerprint density at radius 3 is 2.17 bits per heavy atom. The molecule has 1 heterocycles. The average molecular weight is 692 g/mol. The van der Waals surface area contributed by atoms with Crippen LogP contribution in [0.3, 0.4) is 0 Å². The van der Waals surface area contributed by atoms with Crippen LogP contribution in [0.15, 0.2) is 12.7 Å². The third kappa shape index (κ3) is 8.31. The number of carbonyl (C=O) groups is 5. The minimum Gasteiger partial charge on any atom is -0.346 e. The van der Waals surface area contributed by atoms with Crippen molar-refractivity contribution in [3.05, 3.63) is 12.7 Å². The summed E-state index contributed by atoms with van der Waals surface area (Å²) in [5, 5.41) is 8.29. The lowest BCUT2D eigenvalue weighted by atomic mass is 9.70. The molecule has 0 aromatic rings. The number of nitrogens with one attached hydrogen (secondary N) is 4. The van der Waals surface area contributed by atoms with Crippen molar-refractivity contribution in [2.75, 3.05) is 18.8 Å². The van der Waals surface area contributed by atoms with Gasteiger partial charge in [0.1, 0.15) is 18.1 Å². The van der Waals surface area contributed by atoms with Crippen LogP contribution in [-0.2, 0) is 34.0 Å². The minimum absolute atomic E-state index is 0.0484. The van der Waals surface area contributed by atoms with Crippen molar-refractivity contribution in [1.29, 1.82) is 0 Å². The molecule has 4 rings (SSSR count). The number of piperidine rings is 1. The van der Waals surface area contributed by atoms with Crippen LogP contribution in [0.1, 0.15) is 99.8 Å². The fraction of sp³-hybridized carbons (Fsp3) is 0.800. The number of likely N-dealkylation sites (tertiary alicyclic amines) is 1. The van der Waals surface area contributed by atoms with Crippen molar-refractivity contribution in [2.24, 2.45) is 34.0 Å². The Morgan fingerprint density at radius 2 is 1.62 bits per heavy atom. The zero-order valence-electron chi connectivity index (χ0n) is 29.8. The number of nitrogens with zero attached hydrogens (tertiary/aromatic N) is 1. The third-order valence-corrected chi connectivity index (χ3v) is 12.7. The smallest absolute Gasteiger partial charge is 0.289 e. The van der Waals surface area contributed by atoms with E-state index in [4.69, 9.17) is 0 Å². The molecule has 4 fully saturated rings. The van der Waals surface area contributed by atoms with Gasteiger partial charge in [0.2, 0.25) is 33.5 Å². The van der Waals surface area contributed by atoms with E-state index in [2.05, 4.69) is 41.1 Å². The number of fused-ring (bicyclic) bond motifs is 1. The van der Waals surface area contributed by atoms with Crippen LogP contribution in [0.2, 0.25) is 0 Å². The molecule has 1 unspecified atom stereocenters. The van der Waals surface area contributed by atoms with E-state index in [1.54, 1.807) is 0 Å². The van der Waals surface area contributed by atoms with Gasteiger partial charge in [-0.25, -0.2) is 13.1 Å². The fourth-order valence-electron chi connectivity index (χ4n) is 7.86. The van der Waals surface area contributed by atoms with Gasteiger partial charge in [-0.1, -0.05) is 79.7 Å². The molecule has 0 aromatic carbocycles. The number of ketones is 1. The molecular formula is C35H57N5O7S. The highest BCUT2D eigenvalue weighted by atomic mass is 32.2. The number of Topliss-reactive ketones (excluding diaryl/α,β-unsaturated/α-hetero) is 1. The monoisotopic (exact) mass is 691 g/mol. The Balaban J connectivity index is 1.59. The van der Waals surface area contributed by atoms with Crippen molar-refractivity contribution in [3.63, 3.8) is 0 Å². The first-order chi connectivity index (χ1) is 22.3. The maximum Gasteiger partial charge on any atom is 0.289 e. The van der Waals surface area contributed by atoms with Crippen LogP contribution in [0.5, 0.6) is 0 Å². The molecule has 4 aliphatic rings. The van der Waals surface area contributed by atoms with E-state index in [1.807, 2.05) is 27.7 Å². The Bertz CT molecular complexity index is 1390. The molecular weight excluding hydrogens is 634 g/mol. The number of hydrogen-bond donors (Lipinski definition) is 4. The number of hydrogen-bond acceptors (Lipinski definition) is 7. The third-order valence-electron chi connectivity index (χ3n) is 11.3. The first kappa shape index (κ1) is 38.0. The molecule has 1 aliphatic heterocycles. The van der Waals surface area contributed by atoms with Crippen LogP contribution in [0, 0.1) is 34.0 Å². The zero-order valence-corrected chi connectivity index (χ0v) is 30.6. The van der Waals surface area contributed by atoms with Gasteiger partial charge in [-0.05, 0) is 60.2 Å². The summed E-state index contributed by atoms with van der Waals surface area (Å²) in [5.74, 6) is -3.05. The highest BCUT2D eigenvalue weighted by molar-refractivity contribution is 7.89. The first-order valence-electron chi connectivity index (χ1n) is 17.6. The summed E-state index contributed by atoms with van der Waals surface area (Å²) in [4.78, 5) is 70.0. The molecule has 3 saturated carbocycles. The van der Waals surface area contributed by atoms with E-state index < -0.39 is 74.4 Å². The SMILES string of the molecule is C=CCNC(=O)C(=O)C(CC1CC1)NC(=O)[C@@H]1[C@@H]2[C@H](CN1C(=O)[C@@H](NC(=O)[C@@H](NS(=O)(=O)CC)C1(C)CCCCC1)C(C)(C)C)C2(C)C. The summed E-state index contributed by atoms with van der Waals surface area (Å²) in [6.45, 7) is 17.0. The summed E-state index contributed by atoms with van der Waals surface area (Å²) >= 11 is 0. The van der Waals surface area contributed by atoms with Crippen molar-refractivity contribution in [1.82, 2.24) is 25.6 Å². The van der Waals surface area contributed by atoms with Gasteiger partial charge in [0.25, 0.3) is 5.91 Å². The largest absolute Gasteiger partial charge is 0.346 e. The topological polar surface area (TPSA) is 171 Å². The predicted molar refractivity (Wildman–Crippen MR) is 183 cm³/mol. The number of amides is 4. The predicted octanol–water partition coefficient (Wildman–Crippen LogP) is 2.43. The van der Waals surface area contributed by atoms with E-state index in [9.17, 15) is 32.4 Å². The van der Waals surface area contributed by atoms with Crippen LogP contribution >= 0.6 is 0 Å². The Kier molecular flexibility index (Phi) is 11.2. The fourth-order valence-corrected chi connectivity index (χ4v) is 8.78. The molecule has 0 aromatic heterocycles. The first-order valence-corrected chi connectivity index (χ1v) is 19.3. The highest BCUT2D eigenvalue weighted by Crippen LogP contribution is 2.65. The molecule has 12 nitrogen and oxygen atoms in total. The molecule has 0 bridgehead atoms. The minimum atomic E-state index is -3.75. The lowest BCUT2D eigenvalue weighted by molar-refractivity contribution is -0.147. The van der Waals surface area contributed by atoms with E-state index in [0.29, 0.717) is 25.8 Å². The van der Waals surface area contributed by atoms with Crippen molar-refractivity contribution in [2.45, 2.75) is 124 Å². The van der Waals surface area contributed by atoms with Crippen molar-refractivity contribution >= 4 is 39.4 Å². The molecule has 48 heavy (non-hydrogen) atoms. The molecule has 0 spiro atoms. The van der Waals surface area contributed by atoms with Gasteiger partial charge in [0.15, 0.2) is 0 Å². The number of sulfonamides is 1. The van der Waals surface area contributed by atoms with Crippen LogP contribution in [0.25, 0.3) is 0 Å².